The second-order valence-electron chi connectivity index (χ2n) is 3.44. The highest BCUT2D eigenvalue weighted by atomic mass is 19.4. The van der Waals surface area contributed by atoms with Crippen molar-refractivity contribution in [1.82, 2.24) is 0 Å². The summed E-state index contributed by atoms with van der Waals surface area (Å²) in [5.41, 5.74) is 6.01. The van der Waals surface area contributed by atoms with Gasteiger partial charge >= 0.3 is 12.3 Å². The molecule has 0 heterocycles. The van der Waals surface area contributed by atoms with Gasteiger partial charge in [-0.15, -0.1) is 13.2 Å². The fourth-order valence-electron chi connectivity index (χ4n) is 1.45. The zero-order valence-electron chi connectivity index (χ0n) is 9.80. The molecule has 0 fully saturated rings. The van der Waals surface area contributed by atoms with Crippen molar-refractivity contribution in [3.63, 3.8) is 0 Å². The summed E-state index contributed by atoms with van der Waals surface area (Å²) in [6, 6.07) is 2.06. The van der Waals surface area contributed by atoms with E-state index in [1.807, 2.05) is 0 Å². The third-order valence-corrected chi connectivity index (χ3v) is 2.26. The quantitative estimate of drug-likeness (QED) is 0.672. The number of nitrogens with two attached hydrogens (primary N) is 1. The molecular weight excluding hydrogens is 251 g/mol. The molecule has 0 aliphatic rings. The van der Waals surface area contributed by atoms with Crippen LogP contribution in [0.1, 0.15) is 22.8 Å². The van der Waals surface area contributed by atoms with Crippen LogP contribution >= 0.6 is 0 Å². The Bertz CT molecular complexity index is 458. The van der Waals surface area contributed by atoms with Crippen LogP contribution in [-0.4, -0.2) is 19.4 Å². The number of anilines is 1. The Hall–Kier alpha value is -1.92. The molecule has 0 bridgehead atoms. The SMILES string of the molecule is CCc1cc(OC(F)(F)F)cc(C(=O)OC)c1N. The molecule has 7 heteroatoms. The first kappa shape index (κ1) is 14.1. The van der Waals surface area contributed by atoms with Crippen LogP contribution in [0.25, 0.3) is 0 Å². The standard InChI is InChI=1S/C11H12F3NO3/c1-3-6-4-7(18-11(12,13)14)5-8(9(6)15)10(16)17-2/h4-5H,3,15H2,1-2H3. The van der Waals surface area contributed by atoms with Crippen LogP contribution in [0.3, 0.4) is 0 Å². The second-order valence-corrected chi connectivity index (χ2v) is 3.44. The van der Waals surface area contributed by atoms with E-state index in [0.717, 1.165) is 19.2 Å². The number of nitrogen functional groups attached to an aromatic ring is 1. The topological polar surface area (TPSA) is 61.5 Å². The normalized spacial score (nSPS) is 11.2. The molecule has 0 amide bonds. The molecule has 0 radical (unpaired) electrons. The maximum absolute atomic E-state index is 12.1. The summed E-state index contributed by atoms with van der Waals surface area (Å²) in [6.45, 7) is 1.70. The highest BCUT2D eigenvalue weighted by Gasteiger charge is 2.32. The molecule has 0 aromatic heterocycles. The highest BCUT2D eigenvalue weighted by molar-refractivity contribution is 5.96. The van der Waals surface area contributed by atoms with Crippen LogP contribution in [-0.2, 0) is 11.2 Å². The zero-order chi connectivity index (χ0) is 13.9. The Morgan fingerprint density at radius 3 is 2.44 bits per heavy atom. The molecule has 2 N–H and O–H groups in total. The lowest BCUT2D eigenvalue weighted by Gasteiger charge is -2.14. The Balaban J connectivity index is 3.26. The van der Waals surface area contributed by atoms with Gasteiger partial charge in [0.2, 0.25) is 0 Å². The minimum Gasteiger partial charge on any atom is -0.465 e. The summed E-state index contributed by atoms with van der Waals surface area (Å²) in [4.78, 5) is 11.4. The minimum absolute atomic E-state index is 0.0962. The summed E-state index contributed by atoms with van der Waals surface area (Å²) in [5.74, 6) is -1.30. The molecule has 0 aliphatic carbocycles. The van der Waals surface area contributed by atoms with Crippen LogP contribution in [0.2, 0.25) is 0 Å². The van der Waals surface area contributed by atoms with Crippen molar-refractivity contribution in [2.24, 2.45) is 0 Å². The van der Waals surface area contributed by atoms with Gasteiger partial charge in [0.05, 0.1) is 12.7 Å². The number of carbonyl (C=O) groups excluding carboxylic acids is 1. The largest absolute Gasteiger partial charge is 0.573 e. The van der Waals surface area contributed by atoms with Crippen molar-refractivity contribution in [3.8, 4) is 5.75 Å². The molecule has 1 aromatic rings. The number of hydrogen-bond acceptors (Lipinski definition) is 4. The highest BCUT2D eigenvalue weighted by Crippen LogP contribution is 2.29. The van der Waals surface area contributed by atoms with Crippen LogP contribution in [0.5, 0.6) is 5.75 Å². The van der Waals surface area contributed by atoms with Crippen molar-refractivity contribution in [2.75, 3.05) is 12.8 Å². The van der Waals surface area contributed by atoms with Crippen molar-refractivity contribution in [1.29, 1.82) is 0 Å². The Morgan fingerprint density at radius 2 is 2.00 bits per heavy atom. The first-order valence-corrected chi connectivity index (χ1v) is 5.05. The van der Waals surface area contributed by atoms with Gasteiger partial charge in [-0.2, -0.15) is 0 Å². The van der Waals surface area contributed by atoms with Crippen molar-refractivity contribution in [3.05, 3.63) is 23.3 Å². The molecule has 4 nitrogen and oxygen atoms in total. The number of esters is 1. The van der Waals surface area contributed by atoms with Crippen molar-refractivity contribution in [2.45, 2.75) is 19.7 Å². The third-order valence-electron chi connectivity index (χ3n) is 2.26. The second kappa shape index (κ2) is 5.16. The van der Waals surface area contributed by atoms with Crippen molar-refractivity contribution < 1.29 is 27.4 Å². The molecular formula is C11H12F3NO3. The first-order chi connectivity index (χ1) is 8.28. The van der Waals surface area contributed by atoms with Gasteiger partial charge in [0.15, 0.2) is 0 Å². The van der Waals surface area contributed by atoms with E-state index in [9.17, 15) is 18.0 Å². The smallest absolute Gasteiger partial charge is 0.465 e. The summed E-state index contributed by atoms with van der Waals surface area (Å²) in [6.07, 6.45) is -4.46. The van der Waals surface area contributed by atoms with Gasteiger partial charge in [0.25, 0.3) is 0 Å². The molecule has 0 saturated carbocycles. The Morgan fingerprint density at radius 1 is 1.39 bits per heavy atom. The minimum atomic E-state index is -4.82. The maximum Gasteiger partial charge on any atom is 0.573 e. The number of benzene rings is 1. The lowest BCUT2D eigenvalue weighted by Crippen LogP contribution is -2.18. The third kappa shape index (κ3) is 3.28. The van der Waals surface area contributed by atoms with E-state index in [0.29, 0.717) is 12.0 Å². The summed E-state index contributed by atoms with van der Waals surface area (Å²) < 4.78 is 44.6. The molecule has 0 saturated heterocycles. The number of halogens is 3. The van der Waals surface area contributed by atoms with Crippen LogP contribution in [0.4, 0.5) is 18.9 Å². The molecule has 0 atom stereocenters. The molecule has 0 aliphatic heterocycles. The van der Waals surface area contributed by atoms with Gasteiger partial charge in [0.1, 0.15) is 5.75 Å². The van der Waals surface area contributed by atoms with E-state index < -0.39 is 18.1 Å². The zero-order valence-corrected chi connectivity index (χ0v) is 9.80. The van der Waals surface area contributed by atoms with E-state index >= 15 is 0 Å². The molecule has 100 valence electrons. The molecule has 1 aromatic carbocycles. The number of rotatable bonds is 3. The number of carbonyl (C=O) groups is 1. The van der Waals surface area contributed by atoms with Gasteiger partial charge in [-0.1, -0.05) is 6.92 Å². The van der Waals surface area contributed by atoms with Crippen LogP contribution in [0.15, 0.2) is 12.1 Å². The van der Waals surface area contributed by atoms with E-state index in [1.165, 1.54) is 0 Å². The predicted octanol–water partition coefficient (Wildman–Crippen LogP) is 2.52. The first-order valence-electron chi connectivity index (χ1n) is 5.05. The summed E-state index contributed by atoms with van der Waals surface area (Å²) >= 11 is 0. The van der Waals surface area contributed by atoms with Gasteiger partial charge in [-0.25, -0.2) is 4.79 Å². The number of ether oxygens (including phenoxy) is 2. The van der Waals surface area contributed by atoms with Gasteiger partial charge in [-0.05, 0) is 24.1 Å². The van der Waals surface area contributed by atoms with Crippen LogP contribution in [0, 0.1) is 0 Å². The van der Waals surface area contributed by atoms with E-state index in [-0.39, 0.29) is 11.3 Å². The predicted molar refractivity (Wildman–Crippen MR) is 58.3 cm³/mol. The van der Waals surface area contributed by atoms with Gasteiger partial charge in [0, 0.05) is 5.69 Å². The molecule has 18 heavy (non-hydrogen) atoms. The number of hydrogen-bond donors (Lipinski definition) is 1. The lowest BCUT2D eigenvalue weighted by molar-refractivity contribution is -0.274. The average molecular weight is 263 g/mol. The summed E-state index contributed by atoms with van der Waals surface area (Å²) in [5, 5.41) is 0. The Kier molecular flexibility index (Phi) is 4.05. The lowest BCUT2D eigenvalue weighted by atomic mass is 10.0. The van der Waals surface area contributed by atoms with Gasteiger partial charge < -0.3 is 15.2 Å². The van der Waals surface area contributed by atoms with Crippen molar-refractivity contribution >= 4 is 11.7 Å². The van der Waals surface area contributed by atoms with Crippen LogP contribution < -0.4 is 10.5 Å². The average Bonchev–Trinajstić information content (AvgIpc) is 2.28. The van der Waals surface area contributed by atoms with E-state index in [1.54, 1.807) is 6.92 Å². The number of alkyl halides is 3. The molecule has 0 spiro atoms. The number of methoxy groups -OCH3 is 1. The number of aryl methyl sites for hydroxylation is 1. The maximum atomic E-state index is 12.1. The summed E-state index contributed by atoms with van der Waals surface area (Å²) in [7, 11) is 1.12. The van der Waals surface area contributed by atoms with E-state index in [2.05, 4.69) is 9.47 Å². The molecule has 0 unspecified atom stereocenters. The van der Waals surface area contributed by atoms with E-state index in [4.69, 9.17) is 5.73 Å². The Labute approximate surface area is 101 Å². The fourth-order valence-corrected chi connectivity index (χ4v) is 1.45. The fraction of sp³-hybridized carbons (Fsp3) is 0.364. The monoisotopic (exact) mass is 263 g/mol. The van der Waals surface area contributed by atoms with Gasteiger partial charge in [-0.3, -0.25) is 0 Å². The molecule has 1 rings (SSSR count).